The number of hydrazone groups is 1. The molecule has 3 rings (SSSR count). The molecule has 0 bridgehead atoms. The Kier molecular flexibility index (Phi) is 6.70. The summed E-state index contributed by atoms with van der Waals surface area (Å²) >= 11 is 1.36. The zero-order valence-electron chi connectivity index (χ0n) is 15.7. The summed E-state index contributed by atoms with van der Waals surface area (Å²) in [5.74, 6) is -0.347. The molecule has 29 heavy (non-hydrogen) atoms. The number of hydrogen-bond acceptors (Lipinski definition) is 8. The van der Waals surface area contributed by atoms with Crippen molar-refractivity contribution in [3.8, 4) is 16.9 Å². The lowest BCUT2D eigenvalue weighted by Gasteiger charge is -2.04. The van der Waals surface area contributed by atoms with Gasteiger partial charge in [-0.25, -0.2) is 4.98 Å². The summed E-state index contributed by atoms with van der Waals surface area (Å²) in [5, 5.41) is 16.3. The Morgan fingerprint density at radius 1 is 1.24 bits per heavy atom. The number of anilines is 1. The number of esters is 1. The van der Waals surface area contributed by atoms with Crippen molar-refractivity contribution >= 4 is 34.9 Å². The number of thiazole rings is 1. The van der Waals surface area contributed by atoms with Crippen molar-refractivity contribution in [3.63, 3.8) is 0 Å². The van der Waals surface area contributed by atoms with Gasteiger partial charge >= 0.3 is 5.97 Å². The van der Waals surface area contributed by atoms with Gasteiger partial charge in [0.2, 0.25) is 5.13 Å². The lowest BCUT2D eigenvalue weighted by atomic mass is 10.0. The van der Waals surface area contributed by atoms with Gasteiger partial charge in [-0.1, -0.05) is 30.3 Å². The Labute approximate surface area is 171 Å². The predicted molar refractivity (Wildman–Crippen MR) is 113 cm³/mol. The smallest absolute Gasteiger partial charge is 0.311 e. The minimum absolute atomic E-state index is 0.0434. The molecule has 3 aromatic rings. The summed E-state index contributed by atoms with van der Waals surface area (Å²) < 4.78 is 4.90. The summed E-state index contributed by atoms with van der Waals surface area (Å²) in [5.41, 5.74) is 6.34. The molecule has 0 amide bonds. The van der Waals surface area contributed by atoms with E-state index in [1.54, 1.807) is 36.7 Å². The number of aromatic hydroxyl groups is 1. The van der Waals surface area contributed by atoms with Gasteiger partial charge in [0.05, 0.1) is 30.5 Å². The Balaban J connectivity index is 1.59. The van der Waals surface area contributed by atoms with Crippen LogP contribution in [-0.2, 0) is 16.0 Å². The number of nitrogens with one attached hydrogen (secondary N) is 1. The van der Waals surface area contributed by atoms with Gasteiger partial charge in [-0.15, -0.1) is 11.3 Å². The average Bonchev–Trinajstić information content (AvgIpc) is 3.15. The van der Waals surface area contributed by atoms with Crippen LogP contribution in [0.25, 0.3) is 11.1 Å². The van der Waals surface area contributed by atoms with E-state index in [1.165, 1.54) is 11.3 Å². The third kappa shape index (κ3) is 5.49. The highest BCUT2D eigenvalue weighted by Gasteiger charge is 2.08. The number of rotatable bonds is 8. The molecule has 2 aromatic carbocycles. The van der Waals surface area contributed by atoms with E-state index in [1.807, 2.05) is 24.3 Å². The van der Waals surface area contributed by atoms with Crippen LogP contribution in [0.3, 0.4) is 0 Å². The molecule has 148 valence electrons. The van der Waals surface area contributed by atoms with Gasteiger partial charge in [0.15, 0.2) is 6.29 Å². The third-order valence-electron chi connectivity index (χ3n) is 3.96. The second-order valence-corrected chi connectivity index (χ2v) is 6.87. The first-order chi connectivity index (χ1) is 14.1. The first-order valence-electron chi connectivity index (χ1n) is 8.86. The molecule has 7 nitrogen and oxygen atoms in total. The minimum Gasteiger partial charge on any atom is -0.507 e. The third-order valence-corrected chi connectivity index (χ3v) is 4.75. The van der Waals surface area contributed by atoms with Gasteiger partial charge < -0.3 is 9.84 Å². The number of hydrogen-bond donors (Lipinski definition) is 2. The number of aromatic nitrogens is 1. The highest BCUT2D eigenvalue weighted by molar-refractivity contribution is 7.13. The van der Waals surface area contributed by atoms with Gasteiger partial charge in [0.1, 0.15) is 5.75 Å². The van der Waals surface area contributed by atoms with Crippen LogP contribution in [0.2, 0.25) is 0 Å². The zero-order chi connectivity index (χ0) is 20.6. The van der Waals surface area contributed by atoms with Crippen LogP contribution in [-0.4, -0.2) is 35.2 Å². The molecule has 0 aliphatic heterocycles. The fourth-order valence-corrected chi connectivity index (χ4v) is 3.21. The van der Waals surface area contributed by atoms with Crippen LogP contribution in [0.4, 0.5) is 5.13 Å². The van der Waals surface area contributed by atoms with E-state index >= 15 is 0 Å². The summed E-state index contributed by atoms with van der Waals surface area (Å²) in [4.78, 5) is 26.5. The van der Waals surface area contributed by atoms with Crippen molar-refractivity contribution in [1.82, 2.24) is 4.98 Å². The van der Waals surface area contributed by atoms with Crippen molar-refractivity contribution < 1.29 is 19.4 Å². The molecule has 1 heterocycles. The number of benzene rings is 2. The number of aldehydes is 1. The summed E-state index contributed by atoms with van der Waals surface area (Å²) in [6.07, 6.45) is 2.41. The highest BCUT2D eigenvalue weighted by Crippen LogP contribution is 2.25. The minimum atomic E-state index is -0.304. The second-order valence-electron chi connectivity index (χ2n) is 6.01. The number of ether oxygens (including phenoxy) is 1. The van der Waals surface area contributed by atoms with Crippen molar-refractivity contribution in [2.24, 2.45) is 5.10 Å². The second kappa shape index (κ2) is 9.61. The van der Waals surface area contributed by atoms with Gasteiger partial charge in [-0.05, 0) is 35.7 Å². The molecule has 0 aliphatic rings. The lowest BCUT2D eigenvalue weighted by molar-refractivity contribution is -0.142. The molecule has 0 aliphatic carbocycles. The van der Waals surface area contributed by atoms with E-state index in [0.717, 1.165) is 16.7 Å². The predicted octanol–water partition coefficient (Wildman–Crippen LogP) is 3.88. The highest BCUT2D eigenvalue weighted by atomic mass is 32.1. The zero-order valence-corrected chi connectivity index (χ0v) is 16.5. The van der Waals surface area contributed by atoms with E-state index in [2.05, 4.69) is 15.5 Å². The Morgan fingerprint density at radius 2 is 2.00 bits per heavy atom. The summed E-state index contributed by atoms with van der Waals surface area (Å²) in [7, 11) is 0. The molecule has 0 saturated carbocycles. The Hall–Kier alpha value is -3.52. The first-order valence-corrected chi connectivity index (χ1v) is 9.74. The van der Waals surface area contributed by atoms with Crippen molar-refractivity contribution in [1.29, 1.82) is 0 Å². The summed E-state index contributed by atoms with van der Waals surface area (Å²) in [6.45, 7) is 2.11. The van der Waals surface area contributed by atoms with Gasteiger partial charge in [-0.2, -0.15) is 5.10 Å². The quantitative estimate of drug-likeness (QED) is 0.253. The van der Waals surface area contributed by atoms with Crippen molar-refractivity contribution in [2.75, 3.05) is 12.0 Å². The van der Waals surface area contributed by atoms with E-state index in [4.69, 9.17) is 4.74 Å². The largest absolute Gasteiger partial charge is 0.507 e. The molecule has 8 heteroatoms. The molecule has 1 aromatic heterocycles. The van der Waals surface area contributed by atoms with Gasteiger partial charge in [-0.3, -0.25) is 15.0 Å². The van der Waals surface area contributed by atoms with Crippen LogP contribution < -0.4 is 5.43 Å². The van der Waals surface area contributed by atoms with Crippen LogP contribution in [0.5, 0.6) is 5.75 Å². The van der Waals surface area contributed by atoms with Crippen LogP contribution in [0.15, 0.2) is 52.9 Å². The fraction of sp³-hybridized carbons (Fsp3) is 0.143. The monoisotopic (exact) mass is 409 g/mol. The molecule has 2 N–H and O–H groups in total. The van der Waals surface area contributed by atoms with E-state index in [-0.39, 0.29) is 23.7 Å². The standard InChI is InChI=1S/C21H19N3O4S/c1-2-28-20(27)10-18-13-29-21(23-18)24-22-11-14-3-5-15(6-4-14)16-7-8-17(12-25)19(26)9-16/h3-9,11-13,26H,2,10H2,1H3,(H,23,24). The van der Waals surface area contributed by atoms with E-state index in [9.17, 15) is 14.7 Å². The number of phenolic OH excluding ortho intramolecular Hbond substituents is 1. The van der Waals surface area contributed by atoms with E-state index in [0.29, 0.717) is 23.7 Å². The average molecular weight is 409 g/mol. The lowest BCUT2D eigenvalue weighted by Crippen LogP contribution is -2.07. The molecular weight excluding hydrogens is 390 g/mol. The summed E-state index contributed by atoms with van der Waals surface area (Å²) in [6, 6.07) is 12.5. The molecule has 0 atom stereocenters. The Bertz CT molecular complexity index is 1030. The molecular formula is C21H19N3O4S. The number of carbonyl (C=O) groups is 2. The fourth-order valence-electron chi connectivity index (χ4n) is 2.55. The van der Waals surface area contributed by atoms with Crippen molar-refractivity contribution in [2.45, 2.75) is 13.3 Å². The maximum absolute atomic E-state index is 11.5. The van der Waals surface area contributed by atoms with Gasteiger partial charge in [0, 0.05) is 5.38 Å². The topological polar surface area (TPSA) is 101 Å². The molecule has 0 unspecified atom stereocenters. The van der Waals surface area contributed by atoms with Crippen molar-refractivity contribution in [3.05, 3.63) is 64.7 Å². The molecule has 0 radical (unpaired) electrons. The SMILES string of the molecule is CCOC(=O)Cc1csc(NN=Cc2ccc(-c3ccc(C=O)c(O)c3)cc2)n1. The molecule has 0 fully saturated rings. The molecule has 0 spiro atoms. The van der Waals surface area contributed by atoms with Crippen LogP contribution in [0, 0.1) is 0 Å². The van der Waals surface area contributed by atoms with E-state index < -0.39 is 0 Å². The van der Waals surface area contributed by atoms with Crippen LogP contribution in [0.1, 0.15) is 28.5 Å². The maximum Gasteiger partial charge on any atom is 0.311 e. The maximum atomic E-state index is 11.5. The Morgan fingerprint density at radius 3 is 2.69 bits per heavy atom. The first kappa shape index (κ1) is 20.2. The number of nitrogens with zero attached hydrogens (tertiary/aromatic N) is 2. The molecule has 0 saturated heterocycles. The number of phenols is 1. The van der Waals surface area contributed by atoms with Gasteiger partial charge in [0.25, 0.3) is 0 Å². The normalized spacial score (nSPS) is 10.8. The van der Waals surface area contributed by atoms with Crippen LogP contribution >= 0.6 is 11.3 Å². The number of carbonyl (C=O) groups excluding carboxylic acids is 2.